The molecule has 1 atom stereocenters. The number of nitrogens with one attached hydrogen (secondary N) is 1. The SMILES string of the molecule is CCCCCCC(NC)c1cc(Br)c(C)cc1Br. The normalized spacial score (nSPS) is 12.7. The summed E-state index contributed by atoms with van der Waals surface area (Å²) in [5.74, 6) is 0. The van der Waals surface area contributed by atoms with Crippen molar-refractivity contribution in [1.82, 2.24) is 5.32 Å². The first-order valence-electron chi connectivity index (χ1n) is 6.73. The molecule has 1 aromatic rings. The van der Waals surface area contributed by atoms with Gasteiger partial charge >= 0.3 is 0 Å². The van der Waals surface area contributed by atoms with Crippen LogP contribution in [0.15, 0.2) is 21.1 Å². The number of hydrogen-bond acceptors (Lipinski definition) is 1. The molecule has 0 spiro atoms. The first kappa shape index (κ1) is 16.2. The van der Waals surface area contributed by atoms with Crippen molar-refractivity contribution in [2.45, 2.75) is 52.0 Å². The third-order valence-corrected chi connectivity index (χ3v) is 4.89. The van der Waals surface area contributed by atoms with Gasteiger partial charge in [-0.2, -0.15) is 0 Å². The first-order chi connectivity index (χ1) is 8.60. The molecule has 1 unspecified atom stereocenters. The lowest BCUT2D eigenvalue weighted by Gasteiger charge is -2.19. The van der Waals surface area contributed by atoms with Crippen molar-refractivity contribution in [3.8, 4) is 0 Å². The molecule has 0 aliphatic carbocycles. The van der Waals surface area contributed by atoms with Crippen molar-refractivity contribution >= 4 is 31.9 Å². The summed E-state index contributed by atoms with van der Waals surface area (Å²) in [4.78, 5) is 0. The lowest BCUT2D eigenvalue weighted by molar-refractivity contribution is 0.503. The molecule has 0 aromatic heterocycles. The van der Waals surface area contributed by atoms with Crippen LogP contribution < -0.4 is 5.32 Å². The predicted octanol–water partition coefficient (Wildman–Crippen LogP) is 5.75. The van der Waals surface area contributed by atoms with Crippen LogP contribution in [-0.4, -0.2) is 7.05 Å². The van der Waals surface area contributed by atoms with Crippen LogP contribution in [0.2, 0.25) is 0 Å². The largest absolute Gasteiger partial charge is 0.313 e. The highest BCUT2D eigenvalue weighted by Crippen LogP contribution is 2.31. The average molecular weight is 377 g/mol. The molecular formula is C15H23Br2N. The predicted molar refractivity (Wildman–Crippen MR) is 87.1 cm³/mol. The fourth-order valence-electron chi connectivity index (χ4n) is 2.16. The molecule has 0 saturated carbocycles. The molecule has 102 valence electrons. The maximum atomic E-state index is 3.68. The second kappa shape index (κ2) is 8.34. The molecule has 18 heavy (non-hydrogen) atoms. The average Bonchev–Trinajstić information content (AvgIpc) is 2.35. The Morgan fingerprint density at radius 2 is 1.83 bits per heavy atom. The highest BCUT2D eigenvalue weighted by molar-refractivity contribution is 9.11. The second-order valence-corrected chi connectivity index (χ2v) is 6.52. The van der Waals surface area contributed by atoms with E-state index in [1.807, 2.05) is 7.05 Å². The van der Waals surface area contributed by atoms with Crippen LogP contribution in [0, 0.1) is 6.92 Å². The summed E-state index contributed by atoms with van der Waals surface area (Å²) >= 11 is 7.31. The van der Waals surface area contributed by atoms with Crippen LogP contribution in [-0.2, 0) is 0 Å². The second-order valence-electron chi connectivity index (χ2n) is 4.81. The highest BCUT2D eigenvalue weighted by atomic mass is 79.9. The van der Waals surface area contributed by atoms with Crippen LogP contribution in [0.3, 0.4) is 0 Å². The molecule has 0 aliphatic rings. The zero-order chi connectivity index (χ0) is 13.5. The Labute approximate surface area is 128 Å². The summed E-state index contributed by atoms with van der Waals surface area (Å²) in [5.41, 5.74) is 2.62. The number of hydrogen-bond donors (Lipinski definition) is 1. The Hall–Kier alpha value is 0.140. The van der Waals surface area contributed by atoms with Gasteiger partial charge in [0.25, 0.3) is 0 Å². The van der Waals surface area contributed by atoms with E-state index in [1.165, 1.54) is 52.2 Å². The molecule has 3 heteroatoms. The number of aryl methyl sites for hydroxylation is 1. The monoisotopic (exact) mass is 375 g/mol. The van der Waals surface area contributed by atoms with E-state index < -0.39 is 0 Å². The van der Waals surface area contributed by atoms with Gasteiger partial charge in [-0.15, -0.1) is 0 Å². The summed E-state index contributed by atoms with van der Waals surface area (Å²) in [5, 5.41) is 3.43. The molecule has 1 rings (SSSR count). The molecule has 0 aliphatic heterocycles. The maximum Gasteiger partial charge on any atom is 0.0329 e. The summed E-state index contributed by atoms with van der Waals surface area (Å²) in [7, 11) is 2.05. The minimum atomic E-state index is 0.438. The van der Waals surface area contributed by atoms with Gasteiger partial charge in [0, 0.05) is 15.0 Å². The van der Waals surface area contributed by atoms with E-state index in [2.05, 4.69) is 63.2 Å². The highest BCUT2D eigenvalue weighted by Gasteiger charge is 2.13. The molecule has 1 aromatic carbocycles. The molecule has 1 nitrogen and oxygen atoms in total. The fraction of sp³-hybridized carbons (Fsp3) is 0.600. The third-order valence-electron chi connectivity index (χ3n) is 3.35. The molecule has 0 bridgehead atoms. The molecule has 0 radical (unpaired) electrons. The topological polar surface area (TPSA) is 12.0 Å². The van der Waals surface area contributed by atoms with Gasteiger partial charge < -0.3 is 5.32 Å². The zero-order valence-corrected chi connectivity index (χ0v) is 14.7. The van der Waals surface area contributed by atoms with Gasteiger partial charge in [0.1, 0.15) is 0 Å². The van der Waals surface area contributed by atoms with Gasteiger partial charge in [0.05, 0.1) is 0 Å². The number of benzene rings is 1. The summed E-state index contributed by atoms with van der Waals surface area (Å²) in [6.07, 6.45) is 6.46. The van der Waals surface area contributed by atoms with Gasteiger partial charge in [0.15, 0.2) is 0 Å². The Morgan fingerprint density at radius 1 is 1.11 bits per heavy atom. The van der Waals surface area contributed by atoms with Crippen molar-refractivity contribution < 1.29 is 0 Å². The smallest absolute Gasteiger partial charge is 0.0329 e. The summed E-state index contributed by atoms with van der Waals surface area (Å²) in [6.45, 7) is 4.37. The van der Waals surface area contributed by atoms with Crippen molar-refractivity contribution in [3.05, 3.63) is 32.2 Å². The van der Waals surface area contributed by atoms with Crippen LogP contribution in [0.5, 0.6) is 0 Å². The standard InChI is InChI=1S/C15H23Br2N/c1-4-5-6-7-8-15(18-3)12-10-13(16)11(2)9-14(12)17/h9-10,15,18H,4-8H2,1-3H3. The van der Waals surface area contributed by atoms with Gasteiger partial charge in [0.2, 0.25) is 0 Å². The van der Waals surface area contributed by atoms with Crippen LogP contribution in [0.1, 0.15) is 56.2 Å². The zero-order valence-electron chi connectivity index (χ0n) is 11.5. The van der Waals surface area contributed by atoms with E-state index >= 15 is 0 Å². The Bertz CT molecular complexity index is 377. The third kappa shape index (κ3) is 4.67. The molecule has 0 heterocycles. The lowest BCUT2D eigenvalue weighted by Crippen LogP contribution is -2.17. The maximum absolute atomic E-state index is 3.68. The van der Waals surface area contributed by atoms with Gasteiger partial charge in [-0.1, -0.05) is 64.5 Å². The molecule has 0 saturated heterocycles. The van der Waals surface area contributed by atoms with Gasteiger partial charge in [-0.05, 0) is 43.7 Å². The van der Waals surface area contributed by atoms with Crippen LogP contribution in [0.4, 0.5) is 0 Å². The summed E-state index contributed by atoms with van der Waals surface area (Å²) in [6, 6.07) is 4.86. The van der Waals surface area contributed by atoms with E-state index in [1.54, 1.807) is 0 Å². The van der Waals surface area contributed by atoms with E-state index in [9.17, 15) is 0 Å². The van der Waals surface area contributed by atoms with Crippen molar-refractivity contribution in [2.24, 2.45) is 0 Å². The quantitative estimate of drug-likeness (QED) is 0.597. The first-order valence-corrected chi connectivity index (χ1v) is 8.31. The number of rotatable bonds is 7. The minimum absolute atomic E-state index is 0.438. The summed E-state index contributed by atoms with van der Waals surface area (Å²) < 4.78 is 2.40. The van der Waals surface area contributed by atoms with Gasteiger partial charge in [-0.25, -0.2) is 0 Å². The van der Waals surface area contributed by atoms with Crippen molar-refractivity contribution in [3.63, 3.8) is 0 Å². The Balaban J connectivity index is 2.72. The van der Waals surface area contributed by atoms with Gasteiger partial charge in [-0.3, -0.25) is 0 Å². The number of halogens is 2. The molecule has 0 fully saturated rings. The Kier molecular flexibility index (Phi) is 7.50. The molecule has 1 N–H and O–H groups in total. The molecular weight excluding hydrogens is 354 g/mol. The van der Waals surface area contributed by atoms with Crippen molar-refractivity contribution in [2.75, 3.05) is 7.05 Å². The Morgan fingerprint density at radius 3 is 2.44 bits per heavy atom. The van der Waals surface area contributed by atoms with Crippen molar-refractivity contribution in [1.29, 1.82) is 0 Å². The van der Waals surface area contributed by atoms with E-state index in [4.69, 9.17) is 0 Å². The fourth-order valence-corrected chi connectivity index (χ4v) is 3.25. The van der Waals surface area contributed by atoms with E-state index in [0.717, 1.165) is 0 Å². The van der Waals surface area contributed by atoms with Crippen LogP contribution >= 0.6 is 31.9 Å². The van der Waals surface area contributed by atoms with Crippen LogP contribution in [0.25, 0.3) is 0 Å². The van der Waals surface area contributed by atoms with E-state index in [-0.39, 0.29) is 0 Å². The minimum Gasteiger partial charge on any atom is -0.313 e. The lowest BCUT2D eigenvalue weighted by atomic mass is 9.99. The molecule has 0 amide bonds. The van der Waals surface area contributed by atoms with E-state index in [0.29, 0.717) is 6.04 Å². The number of unbranched alkanes of at least 4 members (excludes halogenated alkanes) is 3.